The molecule has 0 saturated carbocycles. The number of ether oxygens (including phenoxy) is 1. The molecule has 1 aliphatic carbocycles. The normalized spacial score (nSPS) is 18.6. The second kappa shape index (κ2) is 5.96. The Balaban J connectivity index is 1.99. The van der Waals surface area contributed by atoms with Crippen molar-refractivity contribution in [2.24, 2.45) is 5.73 Å². The lowest BCUT2D eigenvalue weighted by Crippen LogP contribution is -2.32. The molecular weight excluding hydrogens is 340 g/mol. The molecule has 0 aromatic heterocycles. The number of aryl methyl sites for hydroxylation is 2. The van der Waals surface area contributed by atoms with Crippen LogP contribution in [0, 0.1) is 25.2 Å². The molecular formula is C22H16N2O3. The van der Waals surface area contributed by atoms with Gasteiger partial charge in [0.05, 0.1) is 11.5 Å². The average Bonchev–Trinajstić information content (AvgIpc) is 2.67. The van der Waals surface area contributed by atoms with Gasteiger partial charge in [-0.1, -0.05) is 42.5 Å². The van der Waals surface area contributed by atoms with Crippen LogP contribution in [0.25, 0.3) is 0 Å². The van der Waals surface area contributed by atoms with Crippen LogP contribution in [0.1, 0.15) is 43.3 Å². The summed E-state index contributed by atoms with van der Waals surface area (Å²) in [5.74, 6) is -1.67. The van der Waals surface area contributed by atoms with Crippen LogP contribution in [0.5, 0.6) is 0 Å². The van der Waals surface area contributed by atoms with Crippen molar-refractivity contribution in [3.63, 3.8) is 0 Å². The van der Waals surface area contributed by atoms with E-state index in [0.717, 1.165) is 16.7 Å². The molecule has 0 amide bonds. The number of hydrogen-bond donors (Lipinski definition) is 1. The molecule has 2 aromatic rings. The highest BCUT2D eigenvalue weighted by molar-refractivity contribution is 6.27. The van der Waals surface area contributed by atoms with E-state index in [-0.39, 0.29) is 34.1 Å². The highest BCUT2D eigenvalue weighted by Gasteiger charge is 2.43. The molecule has 4 rings (SSSR count). The molecule has 2 aliphatic rings. The lowest BCUT2D eigenvalue weighted by Gasteiger charge is -2.31. The standard InChI is InChI=1S/C22H16N2O3/c1-11-7-8-13(9-12(11)2)17-16(10-23)22(24)27-21-18(17)19(25)14-5-3-4-6-15(14)20(21)26/h3-9,17H,24H2,1-2H3/t17-/m1/s1. The summed E-state index contributed by atoms with van der Waals surface area (Å²) >= 11 is 0. The number of fused-ring (bicyclic) bond motifs is 1. The SMILES string of the molecule is Cc1ccc([C@@H]2C(C#N)=C(N)OC3=C2C(=O)c2ccccc2C3=O)cc1C. The highest BCUT2D eigenvalue weighted by Crippen LogP contribution is 2.44. The van der Waals surface area contributed by atoms with Gasteiger partial charge in [-0.2, -0.15) is 5.26 Å². The second-order valence-corrected chi connectivity index (χ2v) is 6.72. The van der Waals surface area contributed by atoms with Crippen molar-refractivity contribution in [1.82, 2.24) is 0 Å². The molecule has 0 radical (unpaired) electrons. The molecule has 1 atom stereocenters. The Morgan fingerprint density at radius 2 is 1.67 bits per heavy atom. The largest absolute Gasteiger partial charge is 0.436 e. The first-order valence-corrected chi connectivity index (χ1v) is 8.51. The van der Waals surface area contributed by atoms with E-state index >= 15 is 0 Å². The number of nitrogens with two attached hydrogens (primary N) is 1. The van der Waals surface area contributed by atoms with Gasteiger partial charge in [-0.05, 0) is 30.5 Å². The van der Waals surface area contributed by atoms with Crippen molar-refractivity contribution in [3.05, 3.63) is 93.1 Å². The number of carbonyl (C=O) groups is 2. The minimum Gasteiger partial charge on any atom is -0.436 e. The monoisotopic (exact) mass is 356 g/mol. The van der Waals surface area contributed by atoms with Crippen molar-refractivity contribution in [1.29, 1.82) is 5.26 Å². The molecule has 5 nitrogen and oxygen atoms in total. The van der Waals surface area contributed by atoms with Gasteiger partial charge in [-0.15, -0.1) is 0 Å². The van der Waals surface area contributed by atoms with E-state index in [9.17, 15) is 14.9 Å². The van der Waals surface area contributed by atoms with Crippen LogP contribution in [0.15, 0.2) is 65.3 Å². The summed E-state index contributed by atoms with van der Waals surface area (Å²) < 4.78 is 5.48. The predicted octanol–water partition coefficient (Wildman–Crippen LogP) is 3.44. The van der Waals surface area contributed by atoms with Gasteiger partial charge in [0.25, 0.3) is 0 Å². The molecule has 1 aliphatic heterocycles. The molecule has 132 valence electrons. The van der Waals surface area contributed by atoms with E-state index in [1.165, 1.54) is 0 Å². The molecule has 0 saturated heterocycles. The second-order valence-electron chi connectivity index (χ2n) is 6.72. The first-order chi connectivity index (χ1) is 12.9. The third kappa shape index (κ3) is 2.38. The highest BCUT2D eigenvalue weighted by atomic mass is 16.5. The summed E-state index contributed by atoms with van der Waals surface area (Å²) in [6.07, 6.45) is 0. The lowest BCUT2D eigenvalue weighted by atomic mass is 9.75. The van der Waals surface area contributed by atoms with Gasteiger partial charge in [0.1, 0.15) is 11.6 Å². The third-order valence-electron chi connectivity index (χ3n) is 5.15. The Kier molecular flexibility index (Phi) is 3.71. The molecule has 2 aromatic carbocycles. The van der Waals surface area contributed by atoms with Crippen molar-refractivity contribution in [2.45, 2.75) is 19.8 Å². The van der Waals surface area contributed by atoms with Crippen LogP contribution in [-0.4, -0.2) is 11.6 Å². The van der Waals surface area contributed by atoms with Crippen LogP contribution < -0.4 is 5.73 Å². The molecule has 0 unspecified atom stereocenters. The van der Waals surface area contributed by atoms with Crippen LogP contribution in [0.3, 0.4) is 0 Å². The maximum Gasteiger partial charge on any atom is 0.229 e. The van der Waals surface area contributed by atoms with Gasteiger partial charge in [-0.25, -0.2) is 0 Å². The zero-order chi connectivity index (χ0) is 19.3. The van der Waals surface area contributed by atoms with E-state index in [0.29, 0.717) is 5.56 Å². The third-order valence-corrected chi connectivity index (χ3v) is 5.15. The summed E-state index contributed by atoms with van der Waals surface area (Å²) in [7, 11) is 0. The fourth-order valence-corrected chi connectivity index (χ4v) is 3.58. The first-order valence-electron chi connectivity index (χ1n) is 8.51. The van der Waals surface area contributed by atoms with Gasteiger partial charge >= 0.3 is 0 Å². The maximum absolute atomic E-state index is 13.2. The van der Waals surface area contributed by atoms with Crippen molar-refractivity contribution >= 4 is 11.6 Å². The Hall–Kier alpha value is -3.65. The van der Waals surface area contributed by atoms with Gasteiger partial charge in [-0.3, -0.25) is 9.59 Å². The number of Topliss-reactive ketones (excluding diaryl/α,β-unsaturated/α-hetero) is 2. The Labute approximate surface area is 156 Å². The molecule has 0 fully saturated rings. The van der Waals surface area contributed by atoms with Crippen molar-refractivity contribution in [3.8, 4) is 6.07 Å². The average molecular weight is 356 g/mol. The van der Waals surface area contributed by atoms with E-state index in [2.05, 4.69) is 6.07 Å². The number of nitrogens with zero attached hydrogens (tertiary/aromatic N) is 1. The fraction of sp³-hybridized carbons (Fsp3) is 0.136. The number of ketones is 2. The number of carbonyl (C=O) groups excluding carboxylic acids is 2. The van der Waals surface area contributed by atoms with Crippen molar-refractivity contribution in [2.75, 3.05) is 0 Å². The maximum atomic E-state index is 13.2. The fourth-order valence-electron chi connectivity index (χ4n) is 3.58. The Morgan fingerprint density at radius 3 is 2.30 bits per heavy atom. The molecule has 2 N–H and O–H groups in total. The van der Waals surface area contributed by atoms with Crippen LogP contribution in [-0.2, 0) is 4.74 Å². The molecule has 27 heavy (non-hydrogen) atoms. The van der Waals surface area contributed by atoms with E-state index in [4.69, 9.17) is 10.5 Å². The van der Waals surface area contributed by atoms with Gasteiger partial charge in [0, 0.05) is 11.1 Å². The zero-order valence-electron chi connectivity index (χ0n) is 14.9. The smallest absolute Gasteiger partial charge is 0.229 e. The van der Waals surface area contributed by atoms with Gasteiger partial charge < -0.3 is 10.5 Å². The van der Waals surface area contributed by atoms with Crippen LogP contribution >= 0.6 is 0 Å². The first kappa shape index (κ1) is 16.8. The van der Waals surface area contributed by atoms with Crippen molar-refractivity contribution < 1.29 is 14.3 Å². The number of rotatable bonds is 1. The number of nitriles is 1. The van der Waals surface area contributed by atoms with Gasteiger partial charge in [0.2, 0.25) is 11.7 Å². The molecule has 0 spiro atoms. The molecule has 1 heterocycles. The van der Waals surface area contributed by atoms with Crippen LogP contribution in [0.4, 0.5) is 0 Å². The molecule has 5 heteroatoms. The Morgan fingerprint density at radius 1 is 1.00 bits per heavy atom. The van der Waals surface area contributed by atoms with E-state index < -0.39 is 11.7 Å². The topological polar surface area (TPSA) is 93.2 Å². The summed E-state index contributed by atoms with van der Waals surface area (Å²) in [6.45, 7) is 3.93. The minimum atomic E-state index is -0.733. The lowest BCUT2D eigenvalue weighted by molar-refractivity contribution is 0.0897. The van der Waals surface area contributed by atoms with E-state index in [1.807, 2.05) is 32.0 Å². The summed E-state index contributed by atoms with van der Waals surface area (Å²) in [5.41, 5.74) is 9.71. The zero-order valence-corrected chi connectivity index (χ0v) is 14.9. The number of hydrogen-bond acceptors (Lipinski definition) is 5. The minimum absolute atomic E-state index is 0.0848. The van der Waals surface area contributed by atoms with E-state index in [1.54, 1.807) is 24.3 Å². The molecule has 0 bridgehead atoms. The summed E-state index contributed by atoms with van der Waals surface area (Å²) in [5, 5.41) is 9.67. The van der Waals surface area contributed by atoms with Gasteiger partial charge in [0.15, 0.2) is 11.5 Å². The predicted molar refractivity (Wildman–Crippen MR) is 98.7 cm³/mol. The Bertz CT molecular complexity index is 1130. The number of benzene rings is 2. The summed E-state index contributed by atoms with van der Waals surface area (Å²) in [6, 6.07) is 14.4. The quantitative estimate of drug-likeness (QED) is 0.845. The van der Waals surface area contributed by atoms with Crippen LogP contribution in [0.2, 0.25) is 0 Å². The summed E-state index contributed by atoms with van der Waals surface area (Å²) in [4.78, 5) is 26.2. The number of allylic oxidation sites excluding steroid dienone is 3.